The molecule has 27 heavy (non-hydrogen) atoms. The Balaban J connectivity index is 1.68. The van der Waals surface area contributed by atoms with Gasteiger partial charge in [-0.25, -0.2) is 5.43 Å². The fourth-order valence-corrected chi connectivity index (χ4v) is 3.65. The number of nitrogens with one attached hydrogen (secondary N) is 1. The molecule has 3 rings (SSSR count). The largest absolute Gasteiger partial charge is 0.496 e. The number of aryl methyl sites for hydroxylation is 1. The fourth-order valence-electron chi connectivity index (χ4n) is 2.41. The number of amides is 1. The van der Waals surface area contributed by atoms with Crippen molar-refractivity contribution in [1.82, 2.24) is 5.43 Å². The third-order valence-electron chi connectivity index (χ3n) is 3.79. The number of rotatable bonds is 5. The molecule has 0 unspecified atom stereocenters. The highest BCUT2D eigenvalue weighted by Gasteiger charge is 2.09. The zero-order valence-corrected chi connectivity index (χ0v) is 18.4. The summed E-state index contributed by atoms with van der Waals surface area (Å²) in [5.74, 6) is 1.58. The molecule has 1 amide bonds. The van der Waals surface area contributed by atoms with Crippen LogP contribution in [-0.4, -0.2) is 19.2 Å². The number of carbonyl (C=O) groups excluding carboxylic acids is 1. The van der Waals surface area contributed by atoms with E-state index in [0.717, 1.165) is 24.9 Å². The summed E-state index contributed by atoms with van der Waals surface area (Å²) in [5, 5.41) is 3.97. The van der Waals surface area contributed by atoms with Gasteiger partial charge in [0.25, 0.3) is 5.91 Å². The van der Waals surface area contributed by atoms with Crippen molar-refractivity contribution in [2.24, 2.45) is 5.10 Å². The molecular weight excluding hydrogens is 523 g/mol. The summed E-state index contributed by atoms with van der Waals surface area (Å²) in [6.07, 6.45) is 1.47. The predicted molar refractivity (Wildman–Crippen MR) is 117 cm³/mol. The van der Waals surface area contributed by atoms with Crippen molar-refractivity contribution in [1.29, 1.82) is 0 Å². The van der Waals surface area contributed by atoms with Crippen molar-refractivity contribution in [2.75, 3.05) is 7.11 Å². The van der Waals surface area contributed by atoms with Crippen LogP contribution in [0.1, 0.15) is 21.7 Å². The Labute approximate surface area is 179 Å². The Bertz CT molecular complexity index is 1010. The molecule has 1 aromatic heterocycles. The topological polar surface area (TPSA) is 63.8 Å². The van der Waals surface area contributed by atoms with Crippen molar-refractivity contribution in [2.45, 2.75) is 6.92 Å². The van der Waals surface area contributed by atoms with E-state index in [1.807, 2.05) is 37.3 Å². The molecule has 0 spiro atoms. The summed E-state index contributed by atoms with van der Waals surface area (Å²) in [4.78, 5) is 12.2. The van der Waals surface area contributed by atoms with Gasteiger partial charge in [-0.1, -0.05) is 22.0 Å². The molecule has 138 valence electrons. The summed E-state index contributed by atoms with van der Waals surface area (Å²) in [6.45, 7) is 2.03. The first-order chi connectivity index (χ1) is 13.0. The van der Waals surface area contributed by atoms with Crippen LogP contribution in [0.15, 0.2) is 62.5 Å². The standard InChI is InChI=1S/C20H16BrIN2O3/c1-12-3-6-15(16(21)9-12)18-8-5-14(27-18)11-23-24-20(25)13-4-7-17(22)19(10-13)26-2/h3-11H,1-2H3,(H,24,25)/b23-11+. The summed E-state index contributed by atoms with van der Waals surface area (Å²) in [6, 6.07) is 14.9. The first kappa shape index (κ1) is 19.6. The molecule has 7 heteroatoms. The van der Waals surface area contributed by atoms with Crippen LogP contribution < -0.4 is 10.2 Å². The molecule has 0 bridgehead atoms. The lowest BCUT2D eigenvalue weighted by molar-refractivity contribution is 0.0954. The van der Waals surface area contributed by atoms with Crippen molar-refractivity contribution in [3.63, 3.8) is 0 Å². The highest BCUT2D eigenvalue weighted by molar-refractivity contribution is 14.1. The second-order valence-corrected chi connectivity index (χ2v) is 7.75. The van der Waals surface area contributed by atoms with Crippen LogP contribution in [0.4, 0.5) is 0 Å². The summed E-state index contributed by atoms with van der Waals surface area (Å²) >= 11 is 5.69. The zero-order chi connectivity index (χ0) is 19.4. The van der Waals surface area contributed by atoms with Crippen LogP contribution in [-0.2, 0) is 0 Å². The maximum absolute atomic E-state index is 12.2. The lowest BCUT2D eigenvalue weighted by Gasteiger charge is -2.05. The molecule has 1 heterocycles. The molecule has 0 atom stereocenters. The van der Waals surface area contributed by atoms with E-state index in [2.05, 4.69) is 49.0 Å². The first-order valence-electron chi connectivity index (χ1n) is 8.01. The summed E-state index contributed by atoms with van der Waals surface area (Å²) in [7, 11) is 1.57. The van der Waals surface area contributed by atoms with Crippen molar-refractivity contribution in [3.8, 4) is 17.1 Å². The zero-order valence-electron chi connectivity index (χ0n) is 14.6. The maximum atomic E-state index is 12.2. The molecule has 0 saturated heterocycles. The van der Waals surface area contributed by atoms with Crippen LogP contribution in [0.5, 0.6) is 5.75 Å². The number of ether oxygens (including phenoxy) is 1. The van der Waals surface area contributed by atoms with Gasteiger partial charge in [-0.15, -0.1) is 0 Å². The Morgan fingerprint density at radius 1 is 1.22 bits per heavy atom. The molecule has 0 saturated carbocycles. The van der Waals surface area contributed by atoms with E-state index in [1.54, 1.807) is 25.3 Å². The van der Waals surface area contributed by atoms with E-state index in [9.17, 15) is 4.79 Å². The third kappa shape index (κ3) is 4.78. The number of hydrazone groups is 1. The van der Waals surface area contributed by atoms with Crippen LogP contribution in [0.2, 0.25) is 0 Å². The number of benzene rings is 2. The van der Waals surface area contributed by atoms with E-state index in [0.29, 0.717) is 17.1 Å². The molecule has 2 aromatic carbocycles. The molecule has 0 aliphatic rings. The molecule has 1 N–H and O–H groups in total. The highest BCUT2D eigenvalue weighted by atomic mass is 127. The number of methoxy groups -OCH3 is 1. The Hall–Kier alpha value is -2.13. The van der Waals surface area contributed by atoms with Crippen molar-refractivity contribution < 1.29 is 13.9 Å². The van der Waals surface area contributed by atoms with Gasteiger partial charge < -0.3 is 9.15 Å². The molecule has 5 nitrogen and oxygen atoms in total. The maximum Gasteiger partial charge on any atom is 0.271 e. The molecule has 0 fully saturated rings. The number of carbonyl (C=O) groups is 1. The van der Waals surface area contributed by atoms with E-state index >= 15 is 0 Å². The van der Waals surface area contributed by atoms with Gasteiger partial charge in [-0.05, 0) is 77.5 Å². The minimum Gasteiger partial charge on any atom is -0.496 e. The van der Waals surface area contributed by atoms with E-state index in [1.165, 1.54) is 6.21 Å². The van der Waals surface area contributed by atoms with Gasteiger partial charge in [0.1, 0.15) is 17.3 Å². The monoisotopic (exact) mass is 538 g/mol. The molecule has 0 aliphatic heterocycles. The van der Waals surface area contributed by atoms with E-state index in [-0.39, 0.29) is 5.91 Å². The smallest absolute Gasteiger partial charge is 0.271 e. The minimum atomic E-state index is -0.325. The molecular formula is C20H16BrIN2O3. The minimum absolute atomic E-state index is 0.325. The molecule has 3 aromatic rings. The summed E-state index contributed by atoms with van der Waals surface area (Å²) < 4.78 is 12.9. The fraction of sp³-hybridized carbons (Fsp3) is 0.100. The van der Waals surface area contributed by atoms with Crippen LogP contribution >= 0.6 is 38.5 Å². The van der Waals surface area contributed by atoms with Gasteiger partial charge in [0, 0.05) is 15.6 Å². The van der Waals surface area contributed by atoms with Gasteiger partial charge >= 0.3 is 0 Å². The lowest BCUT2D eigenvalue weighted by atomic mass is 10.1. The Kier molecular flexibility index (Phi) is 6.33. The highest BCUT2D eigenvalue weighted by Crippen LogP contribution is 2.30. The van der Waals surface area contributed by atoms with Crippen LogP contribution in [0, 0.1) is 10.5 Å². The Morgan fingerprint density at radius 2 is 2.04 bits per heavy atom. The predicted octanol–water partition coefficient (Wildman–Crippen LogP) is 5.39. The molecule has 0 aliphatic carbocycles. The van der Waals surface area contributed by atoms with Crippen LogP contribution in [0.25, 0.3) is 11.3 Å². The third-order valence-corrected chi connectivity index (χ3v) is 5.34. The van der Waals surface area contributed by atoms with Crippen molar-refractivity contribution in [3.05, 3.63) is 73.5 Å². The average Bonchev–Trinajstić information content (AvgIpc) is 3.10. The Morgan fingerprint density at radius 3 is 2.78 bits per heavy atom. The normalized spacial score (nSPS) is 11.0. The number of hydrogen-bond donors (Lipinski definition) is 1. The number of halogens is 2. The van der Waals surface area contributed by atoms with Crippen molar-refractivity contribution >= 4 is 50.6 Å². The second-order valence-electron chi connectivity index (χ2n) is 5.73. The van der Waals surface area contributed by atoms with Gasteiger partial charge in [-0.3, -0.25) is 4.79 Å². The molecule has 0 radical (unpaired) electrons. The number of furan rings is 1. The second kappa shape index (κ2) is 8.71. The van der Waals surface area contributed by atoms with Crippen LogP contribution in [0.3, 0.4) is 0 Å². The first-order valence-corrected chi connectivity index (χ1v) is 9.88. The number of hydrogen-bond acceptors (Lipinski definition) is 4. The SMILES string of the molecule is COc1cc(C(=O)N/N=C/c2ccc(-c3ccc(C)cc3Br)o2)ccc1I. The van der Waals surface area contributed by atoms with E-state index in [4.69, 9.17) is 9.15 Å². The lowest BCUT2D eigenvalue weighted by Crippen LogP contribution is -2.17. The number of nitrogens with zero attached hydrogens (tertiary/aromatic N) is 1. The van der Waals surface area contributed by atoms with Gasteiger partial charge in [0.2, 0.25) is 0 Å². The van der Waals surface area contributed by atoms with Gasteiger partial charge in [0.15, 0.2) is 0 Å². The quantitative estimate of drug-likeness (QED) is 0.269. The van der Waals surface area contributed by atoms with E-state index < -0.39 is 0 Å². The summed E-state index contributed by atoms with van der Waals surface area (Å²) in [5.41, 5.74) is 5.07. The van der Waals surface area contributed by atoms with Gasteiger partial charge in [-0.2, -0.15) is 5.10 Å². The van der Waals surface area contributed by atoms with Gasteiger partial charge in [0.05, 0.1) is 16.9 Å². The average molecular weight is 539 g/mol.